The Balaban J connectivity index is 2.24. The van der Waals surface area contributed by atoms with Crippen molar-refractivity contribution in [2.24, 2.45) is 5.73 Å². The Hall–Kier alpha value is -1.92. The fourth-order valence-corrected chi connectivity index (χ4v) is 2.32. The van der Waals surface area contributed by atoms with Gasteiger partial charge in [-0.05, 0) is 25.1 Å². The van der Waals surface area contributed by atoms with Gasteiger partial charge in [-0.2, -0.15) is 0 Å². The number of halogens is 1. The number of ether oxygens (including phenoxy) is 1. The minimum atomic E-state index is -0.411. The first kappa shape index (κ1) is 15.5. The van der Waals surface area contributed by atoms with Gasteiger partial charge >= 0.3 is 0 Å². The number of nitrogens with zero attached hydrogens (tertiary/aromatic N) is 1. The normalized spacial score (nSPS) is 12.0. The molecule has 0 bridgehead atoms. The summed E-state index contributed by atoms with van der Waals surface area (Å²) in [4.78, 5) is 10.6. The van der Waals surface area contributed by atoms with Gasteiger partial charge in [0.15, 0.2) is 0 Å². The number of hydrogen-bond donors (Lipinski definition) is 1. The lowest BCUT2D eigenvalue weighted by atomic mass is 10.1. The zero-order chi connectivity index (χ0) is 15.4. The molecule has 110 valence electrons. The molecule has 5 nitrogen and oxygen atoms in total. The molecule has 6 heteroatoms. The van der Waals surface area contributed by atoms with Crippen LogP contribution in [-0.2, 0) is 6.61 Å². The molecule has 0 spiro atoms. The summed E-state index contributed by atoms with van der Waals surface area (Å²) in [7, 11) is 0. The Morgan fingerprint density at radius 2 is 2.05 bits per heavy atom. The Morgan fingerprint density at radius 3 is 2.71 bits per heavy atom. The third-order valence-electron chi connectivity index (χ3n) is 3.04. The van der Waals surface area contributed by atoms with Gasteiger partial charge in [-0.3, -0.25) is 10.1 Å². The molecule has 21 heavy (non-hydrogen) atoms. The molecule has 0 aliphatic heterocycles. The molecule has 0 fully saturated rings. The van der Waals surface area contributed by atoms with E-state index in [4.69, 9.17) is 10.5 Å². The lowest BCUT2D eigenvalue weighted by Gasteiger charge is -2.14. The summed E-state index contributed by atoms with van der Waals surface area (Å²) in [5, 5.41) is 11.0. The Kier molecular flexibility index (Phi) is 4.93. The molecule has 0 aliphatic carbocycles. The third kappa shape index (κ3) is 3.80. The molecule has 0 aliphatic rings. The molecule has 2 aromatic rings. The summed E-state index contributed by atoms with van der Waals surface area (Å²) < 4.78 is 6.61. The first-order valence-electron chi connectivity index (χ1n) is 6.39. The quantitative estimate of drug-likeness (QED) is 0.653. The van der Waals surface area contributed by atoms with Crippen LogP contribution in [0.2, 0.25) is 0 Å². The number of nitrogens with two attached hydrogens (primary N) is 1. The minimum Gasteiger partial charge on any atom is -0.488 e. The second-order valence-corrected chi connectivity index (χ2v) is 5.56. The summed E-state index contributed by atoms with van der Waals surface area (Å²) >= 11 is 3.38. The second kappa shape index (κ2) is 6.69. The highest BCUT2D eigenvalue weighted by atomic mass is 79.9. The van der Waals surface area contributed by atoms with E-state index in [1.165, 1.54) is 6.07 Å². The van der Waals surface area contributed by atoms with Crippen molar-refractivity contribution >= 4 is 21.6 Å². The predicted octanol–water partition coefficient (Wildman–Crippen LogP) is 3.96. The molecule has 0 unspecified atom stereocenters. The average molecular weight is 351 g/mol. The summed E-state index contributed by atoms with van der Waals surface area (Å²) in [6.07, 6.45) is 0. The number of hydrogen-bond acceptors (Lipinski definition) is 4. The van der Waals surface area contributed by atoms with E-state index in [1.807, 2.05) is 25.1 Å². The zero-order valence-electron chi connectivity index (χ0n) is 11.5. The number of para-hydroxylation sites is 1. The van der Waals surface area contributed by atoms with Crippen molar-refractivity contribution in [3.63, 3.8) is 0 Å². The molecule has 0 saturated heterocycles. The molecule has 0 heterocycles. The molecule has 1 atom stereocenters. The van der Waals surface area contributed by atoms with Gasteiger partial charge in [0.2, 0.25) is 0 Å². The van der Waals surface area contributed by atoms with Gasteiger partial charge in [0, 0.05) is 22.1 Å². The molecule has 0 amide bonds. The van der Waals surface area contributed by atoms with Crippen LogP contribution in [0.5, 0.6) is 5.75 Å². The monoisotopic (exact) mass is 350 g/mol. The molecule has 2 N–H and O–H groups in total. The standard InChI is InChI=1S/C15H15BrN2O3/c1-10(17)13-7-6-12(16)8-15(13)21-9-11-4-2-3-5-14(11)18(19)20/h2-8,10H,9,17H2,1H3/t10-/m0/s1. The Bertz CT molecular complexity index is 659. The summed E-state index contributed by atoms with van der Waals surface area (Å²) in [6.45, 7) is 1.98. The maximum atomic E-state index is 11.0. The van der Waals surface area contributed by atoms with E-state index in [2.05, 4.69) is 15.9 Å². The molecular weight excluding hydrogens is 336 g/mol. The van der Waals surface area contributed by atoms with Crippen LogP contribution in [0.1, 0.15) is 24.1 Å². The van der Waals surface area contributed by atoms with Crippen molar-refractivity contribution < 1.29 is 9.66 Å². The maximum Gasteiger partial charge on any atom is 0.276 e. The van der Waals surface area contributed by atoms with Crippen molar-refractivity contribution in [3.05, 3.63) is 68.2 Å². The van der Waals surface area contributed by atoms with Crippen LogP contribution in [0.15, 0.2) is 46.9 Å². The average Bonchev–Trinajstić information content (AvgIpc) is 2.45. The van der Waals surface area contributed by atoms with Crippen molar-refractivity contribution in [1.82, 2.24) is 0 Å². The van der Waals surface area contributed by atoms with Crippen LogP contribution in [0.3, 0.4) is 0 Å². The van der Waals surface area contributed by atoms with E-state index >= 15 is 0 Å². The molecule has 0 radical (unpaired) electrons. The highest BCUT2D eigenvalue weighted by molar-refractivity contribution is 9.10. The largest absolute Gasteiger partial charge is 0.488 e. The highest BCUT2D eigenvalue weighted by Gasteiger charge is 2.14. The Morgan fingerprint density at radius 1 is 1.33 bits per heavy atom. The summed E-state index contributed by atoms with van der Waals surface area (Å²) in [5.41, 5.74) is 7.34. The van der Waals surface area contributed by atoms with E-state index in [0.29, 0.717) is 11.3 Å². The van der Waals surface area contributed by atoms with E-state index < -0.39 is 4.92 Å². The van der Waals surface area contributed by atoms with Gasteiger partial charge in [-0.1, -0.05) is 34.1 Å². The van der Waals surface area contributed by atoms with Gasteiger partial charge in [-0.15, -0.1) is 0 Å². The van der Waals surface area contributed by atoms with Crippen LogP contribution in [0.4, 0.5) is 5.69 Å². The van der Waals surface area contributed by atoms with E-state index in [9.17, 15) is 10.1 Å². The van der Waals surface area contributed by atoms with Gasteiger partial charge in [-0.25, -0.2) is 0 Å². The van der Waals surface area contributed by atoms with Crippen molar-refractivity contribution in [2.75, 3.05) is 0 Å². The minimum absolute atomic E-state index is 0.0508. The number of nitro benzene ring substituents is 1. The molecule has 0 saturated carbocycles. The third-order valence-corrected chi connectivity index (χ3v) is 3.53. The van der Waals surface area contributed by atoms with Crippen LogP contribution in [0.25, 0.3) is 0 Å². The van der Waals surface area contributed by atoms with Crippen molar-refractivity contribution in [2.45, 2.75) is 19.6 Å². The zero-order valence-corrected chi connectivity index (χ0v) is 13.0. The van der Waals surface area contributed by atoms with Gasteiger partial charge < -0.3 is 10.5 Å². The maximum absolute atomic E-state index is 11.0. The molecule has 2 rings (SSSR count). The predicted molar refractivity (Wildman–Crippen MR) is 84.2 cm³/mol. The highest BCUT2D eigenvalue weighted by Crippen LogP contribution is 2.29. The lowest BCUT2D eigenvalue weighted by molar-refractivity contribution is -0.385. The first-order valence-corrected chi connectivity index (χ1v) is 7.18. The molecule has 2 aromatic carbocycles. The van der Waals surface area contributed by atoms with Crippen LogP contribution in [0, 0.1) is 10.1 Å². The smallest absolute Gasteiger partial charge is 0.276 e. The summed E-state index contributed by atoms with van der Waals surface area (Å²) in [6, 6.07) is 11.9. The van der Waals surface area contributed by atoms with E-state index in [0.717, 1.165) is 10.0 Å². The van der Waals surface area contributed by atoms with Crippen LogP contribution in [-0.4, -0.2) is 4.92 Å². The fraction of sp³-hybridized carbons (Fsp3) is 0.200. The van der Waals surface area contributed by atoms with Crippen LogP contribution >= 0.6 is 15.9 Å². The van der Waals surface area contributed by atoms with E-state index in [-0.39, 0.29) is 18.3 Å². The van der Waals surface area contributed by atoms with Gasteiger partial charge in [0.05, 0.1) is 10.5 Å². The van der Waals surface area contributed by atoms with Crippen molar-refractivity contribution in [1.29, 1.82) is 0 Å². The second-order valence-electron chi connectivity index (χ2n) is 4.65. The summed E-state index contributed by atoms with van der Waals surface area (Å²) in [5.74, 6) is 0.623. The lowest BCUT2D eigenvalue weighted by Crippen LogP contribution is -2.08. The fourth-order valence-electron chi connectivity index (χ4n) is 1.98. The van der Waals surface area contributed by atoms with E-state index in [1.54, 1.807) is 18.2 Å². The molecular formula is C15H15BrN2O3. The van der Waals surface area contributed by atoms with Crippen LogP contribution < -0.4 is 10.5 Å². The Labute approximate surface area is 131 Å². The number of benzene rings is 2. The SMILES string of the molecule is C[C@H](N)c1ccc(Br)cc1OCc1ccccc1[N+](=O)[O-]. The van der Waals surface area contributed by atoms with Gasteiger partial charge in [0.1, 0.15) is 12.4 Å². The number of rotatable bonds is 5. The topological polar surface area (TPSA) is 78.4 Å². The number of nitro groups is 1. The van der Waals surface area contributed by atoms with Crippen molar-refractivity contribution in [3.8, 4) is 5.75 Å². The first-order chi connectivity index (χ1) is 9.99. The molecule has 0 aromatic heterocycles. The van der Waals surface area contributed by atoms with Gasteiger partial charge in [0.25, 0.3) is 5.69 Å².